The van der Waals surface area contributed by atoms with Crippen LogP contribution in [-0.4, -0.2) is 35.4 Å². The number of carbonyl (C=O) groups is 1. The quantitative estimate of drug-likeness (QED) is 0.418. The fourth-order valence-corrected chi connectivity index (χ4v) is 3.98. The van der Waals surface area contributed by atoms with E-state index in [4.69, 9.17) is 10.1 Å². The molecule has 154 valence electrons. The summed E-state index contributed by atoms with van der Waals surface area (Å²) in [6.07, 6.45) is 0. The van der Waals surface area contributed by atoms with Gasteiger partial charge >= 0.3 is 0 Å². The number of benzene rings is 3. The highest BCUT2D eigenvalue weighted by atomic mass is 32.1. The molecule has 6 heteroatoms. The van der Waals surface area contributed by atoms with Crippen molar-refractivity contribution in [2.24, 2.45) is 4.99 Å². The molecule has 0 bridgehead atoms. The topological polar surface area (TPSA) is 74.6 Å². The first-order chi connectivity index (χ1) is 15.2. The van der Waals surface area contributed by atoms with E-state index in [-0.39, 0.29) is 5.71 Å². The molecule has 0 aliphatic heterocycles. The van der Waals surface area contributed by atoms with Gasteiger partial charge in [0, 0.05) is 29.2 Å². The highest BCUT2D eigenvalue weighted by Crippen LogP contribution is 2.31. The summed E-state index contributed by atoms with van der Waals surface area (Å²) in [5, 5.41) is 14.8. The third-order valence-electron chi connectivity index (χ3n) is 4.86. The number of thiazole rings is 1. The number of aliphatic hydroxyl groups is 1. The highest BCUT2D eigenvalue weighted by molar-refractivity contribution is 7.13. The van der Waals surface area contributed by atoms with Crippen LogP contribution in [0.25, 0.3) is 33.0 Å². The number of hydrogen-bond donors (Lipinski definition) is 2. The van der Waals surface area contributed by atoms with Gasteiger partial charge in [-0.1, -0.05) is 66.7 Å². The van der Waals surface area contributed by atoms with Gasteiger partial charge in [-0.15, -0.1) is 11.3 Å². The van der Waals surface area contributed by atoms with E-state index in [0.29, 0.717) is 5.69 Å². The van der Waals surface area contributed by atoms with E-state index in [1.807, 2.05) is 47.8 Å². The monoisotopic (exact) mass is 427 g/mol. The third kappa shape index (κ3) is 4.77. The first-order valence-electron chi connectivity index (χ1n) is 9.77. The third-order valence-corrected chi connectivity index (χ3v) is 5.75. The number of aliphatic imine (C=N–C) groups is 1. The van der Waals surface area contributed by atoms with E-state index >= 15 is 0 Å². The Bertz CT molecular complexity index is 1200. The number of nitrogens with zero attached hydrogens (tertiary/aromatic N) is 2. The molecule has 0 atom stereocenters. The molecule has 1 heterocycles. The lowest BCUT2D eigenvalue weighted by atomic mass is 10.0. The zero-order valence-corrected chi connectivity index (χ0v) is 17.8. The summed E-state index contributed by atoms with van der Waals surface area (Å²) >= 11 is 1.60. The first-order valence-corrected chi connectivity index (χ1v) is 10.7. The fourth-order valence-electron chi connectivity index (χ4n) is 3.15. The Morgan fingerprint density at radius 1 is 0.903 bits per heavy atom. The molecule has 0 saturated heterocycles. The van der Waals surface area contributed by atoms with Crippen molar-refractivity contribution in [3.05, 3.63) is 84.2 Å². The number of rotatable bonds is 6. The molecule has 0 fully saturated rings. The summed E-state index contributed by atoms with van der Waals surface area (Å²) in [6, 6.07) is 26.2. The molecule has 3 aromatic carbocycles. The van der Waals surface area contributed by atoms with Crippen LogP contribution in [0, 0.1) is 0 Å². The SMILES string of the molecule is CN=C(CO)C(=O)Nc1ccc(-c2csc(-c3ccc(-c4ccccc4)cc3)n2)cc1. The molecule has 5 nitrogen and oxygen atoms in total. The predicted molar refractivity (Wildman–Crippen MR) is 127 cm³/mol. The van der Waals surface area contributed by atoms with Gasteiger partial charge in [0.25, 0.3) is 5.91 Å². The van der Waals surface area contributed by atoms with Gasteiger partial charge < -0.3 is 10.4 Å². The molecule has 31 heavy (non-hydrogen) atoms. The summed E-state index contributed by atoms with van der Waals surface area (Å²) < 4.78 is 0. The summed E-state index contributed by atoms with van der Waals surface area (Å²) in [4.78, 5) is 20.5. The second-order valence-corrected chi connectivity index (χ2v) is 7.70. The van der Waals surface area contributed by atoms with Crippen LogP contribution in [0.2, 0.25) is 0 Å². The summed E-state index contributed by atoms with van der Waals surface area (Å²) in [5.74, 6) is -0.410. The van der Waals surface area contributed by atoms with Crippen molar-refractivity contribution >= 4 is 28.6 Å². The van der Waals surface area contributed by atoms with Gasteiger partial charge in [-0.3, -0.25) is 9.79 Å². The molecule has 0 unspecified atom stereocenters. The molecule has 2 N–H and O–H groups in total. The Morgan fingerprint density at radius 3 is 2.16 bits per heavy atom. The molecular formula is C25H21N3O2S. The number of hydrogen-bond acceptors (Lipinski definition) is 5. The molecule has 0 aliphatic rings. The molecule has 0 radical (unpaired) electrons. The Balaban J connectivity index is 1.48. The van der Waals surface area contributed by atoms with Crippen molar-refractivity contribution in [1.82, 2.24) is 4.98 Å². The van der Waals surface area contributed by atoms with Crippen LogP contribution < -0.4 is 5.32 Å². The van der Waals surface area contributed by atoms with Gasteiger partial charge in [0.15, 0.2) is 0 Å². The van der Waals surface area contributed by atoms with E-state index in [0.717, 1.165) is 21.8 Å². The standard InChI is InChI=1S/C25H21N3O2S/c1-26-22(15-29)24(30)27-21-13-11-19(12-14-21)23-16-31-25(28-23)20-9-7-18(8-10-20)17-5-3-2-4-6-17/h2-14,16,29H,15H2,1H3,(H,27,30). The van der Waals surface area contributed by atoms with E-state index in [1.54, 1.807) is 11.3 Å². The first kappa shape index (κ1) is 20.7. The van der Waals surface area contributed by atoms with Crippen molar-refractivity contribution < 1.29 is 9.90 Å². The largest absolute Gasteiger partial charge is 0.390 e. The van der Waals surface area contributed by atoms with Crippen molar-refractivity contribution in [2.45, 2.75) is 0 Å². The number of nitrogens with one attached hydrogen (secondary N) is 1. The lowest BCUT2D eigenvalue weighted by Crippen LogP contribution is -2.25. The zero-order valence-electron chi connectivity index (χ0n) is 16.9. The minimum atomic E-state index is -0.410. The number of aromatic nitrogens is 1. The minimum absolute atomic E-state index is 0.0894. The summed E-state index contributed by atoms with van der Waals surface area (Å²) in [6.45, 7) is -0.394. The number of aliphatic hydroxyl groups excluding tert-OH is 1. The average molecular weight is 428 g/mol. The molecule has 0 saturated carbocycles. The second kappa shape index (κ2) is 9.47. The Morgan fingerprint density at radius 2 is 1.52 bits per heavy atom. The fraction of sp³-hybridized carbons (Fsp3) is 0.0800. The molecule has 0 aliphatic carbocycles. The Hall–Kier alpha value is -3.61. The highest BCUT2D eigenvalue weighted by Gasteiger charge is 2.11. The van der Waals surface area contributed by atoms with Gasteiger partial charge in [0.05, 0.1) is 12.3 Å². The van der Waals surface area contributed by atoms with Crippen molar-refractivity contribution in [1.29, 1.82) is 0 Å². The van der Waals surface area contributed by atoms with E-state index < -0.39 is 12.5 Å². The van der Waals surface area contributed by atoms with Crippen LogP contribution in [0.5, 0.6) is 0 Å². The molecule has 4 aromatic rings. The van der Waals surface area contributed by atoms with Crippen LogP contribution in [-0.2, 0) is 4.79 Å². The number of anilines is 1. The van der Waals surface area contributed by atoms with Gasteiger partial charge in [0.1, 0.15) is 10.7 Å². The van der Waals surface area contributed by atoms with E-state index in [1.165, 1.54) is 18.2 Å². The molecular weight excluding hydrogens is 406 g/mol. The number of amides is 1. The van der Waals surface area contributed by atoms with Gasteiger partial charge in [-0.25, -0.2) is 4.98 Å². The van der Waals surface area contributed by atoms with E-state index in [9.17, 15) is 4.79 Å². The lowest BCUT2D eigenvalue weighted by molar-refractivity contribution is -0.110. The maximum absolute atomic E-state index is 12.0. The van der Waals surface area contributed by atoms with Gasteiger partial charge in [0.2, 0.25) is 0 Å². The molecule has 4 rings (SSSR count). The maximum atomic E-state index is 12.0. The minimum Gasteiger partial charge on any atom is -0.390 e. The van der Waals surface area contributed by atoms with Gasteiger partial charge in [-0.05, 0) is 23.3 Å². The van der Waals surface area contributed by atoms with Gasteiger partial charge in [-0.2, -0.15) is 0 Å². The molecule has 0 spiro atoms. The zero-order chi connectivity index (χ0) is 21.6. The summed E-state index contributed by atoms with van der Waals surface area (Å²) in [5.41, 5.74) is 6.02. The Labute approximate surface area is 184 Å². The van der Waals surface area contributed by atoms with Crippen molar-refractivity contribution in [3.63, 3.8) is 0 Å². The average Bonchev–Trinajstić information content (AvgIpc) is 3.31. The van der Waals surface area contributed by atoms with Crippen LogP contribution >= 0.6 is 11.3 Å². The van der Waals surface area contributed by atoms with Crippen molar-refractivity contribution in [3.8, 4) is 33.0 Å². The Kier molecular flexibility index (Phi) is 6.31. The van der Waals surface area contributed by atoms with Crippen LogP contribution in [0.4, 0.5) is 5.69 Å². The predicted octanol–water partition coefficient (Wildman–Crippen LogP) is 5.15. The smallest absolute Gasteiger partial charge is 0.271 e. The normalized spacial score (nSPS) is 11.4. The maximum Gasteiger partial charge on any atom is 0.271 e. The second-order valence-electron chi connectivity index (χ2n) is 6.84. The van der Waals surface area contributed by atoms with Crippen LogP contribution in [0.1, 0.15) is 0 Å². The summed E-state index contributed by atoms with van der Waals surface area (Å²) in [7, 11) is 1.48. The van der Waals surface area contributed by atoms with E-state index in [2.05, 4.69) is 46.7 Å². The number of carbonyl (C=O) groups excluding carboxylic acids is 1. The lowest BCUT2D eigenvalue weighted by Gasteiger charge is -2.06. The van der Waals surface area contributed by atoms with Crippen LogP contribution in [0.15, 0.2) is 89.2 Å². The molecule has 1 amide bonds. The van der Waals surface area contributed by atoms with Crippen molar-refractivity contribution in [2.75, 3.05) is 19.0 Å². The van der Waals surface area contributed by atoms with Crippen LogP contribution in [0.3, 0.4) is 0 Å². The molecule has 1 aromatic heterocycles.